The summed E-state index contributed by atoms with van der Waals surface area (Å²) in [7, 11) is 0. The van der Waals surface area contributed by atoms with Gasteiger partial charge < -0.3 is 19.3 Å². The van der Waals surface area contributed by atoms with Crippen molar-refractivity contribution in [3.8, 4) is 0 Å². The number of aliphatic hydroxyl groups is 1. The molecule has 5 nitrogen and oxygen atoms in total. The van der Waals surface area contributed by atoms with Crippen LogP contribution >= 0.6 is 11.8 Å². The number of β-amino-alcohol motifs (C(OH)–C–C–N with tert-alkyl or cyclic N) is 1. The third-order valence-electron chi connectivity index (χ3n) is 6.35. The zero-order valence-electron chi connectivity index (χ0n) is 20.6. The second-order valence-electron chi connectivity index (χ2n) is 10.1. The summed E-state index contributed by atoms with van der Waals surface area (Å²) in [5.41, 5.74) is 1.06. The van der Waals surface area contributed by atoms with Crippen LogP contribution in [0, 0.1) is 6.92 Å². The van der Waals surface area contributed by atoms with Crippen molar-refractivity contribution in [2.24, 2.45) is 0 Å². The van der Waals surface area contributed by atoms with Crippen LogP contribution in [-0.4, -0.2) is 51.7 Å². The highest BCUT2D eigenvalue weighted by atomic mass is 32.2. The summed E-state index contributed by atoms with van der Waals surface area (Å²) < 4.78 is 49.0. The van der Waals surface area contributed by atoms with E-state index in [0.717, 1.165) is 34.3 Å². The number of hydrogen-bond acceptors (Lipinski definition) is 4. The number of rotatable bonds is 2. The van der Waals surface area contributed by atoms with Gasteiger partial charge in [0.2, 0.25) is 0 Å². The molecule has 1 aliphatic rings. The molecule has 1 aliphatic heterocycles. The fourth-order valence-corrected chi connectivity index (χ4v) is 5.75. The molecule has 0 radical (unpaired) electrons. The summed E-state index contributed by atoms with van der Waals surface area (Å²) in [5, 5.41) is 12.5. The highest BCUT2D eigenvalue weighted by Gasteiger charge is 2.37. The van der Waals surface area contributed by atoms with Gasteiger partial charge in [-0.05, 0) is 71.1 Å². The van der Waals surface area contributed by atoms with Gasteiger partial charge in [0, 0.05) is 27.7 Å². The molecule has 0 bridgehead atoms. The van der Waals surface area contributed by atoms with E-state index in [2.05, 4.69) is 0 Å². The van der Waals surface area contributed by atoms with Gasteiger partial charge in [-0.2, -0.15) is 13.2 Å². The molecule has 190 valence electrons. The van der Waals surface area contributed by atoms with Crippen LogP contribution in [-0.2, 0) is 10.9 Å². The zero-order chi connectivity index (χ0) is 25.7. The Morgan fingerprint density at radius 3 is 2.46 bits per heavy atom. The lowest BCUT2D eigenvalue weighted by Gasteiger charge is -2.29. The van der Waals surface area contributed by atoms with Crippen molar-refractivity contribution < 1.29 is 27.8 Å². The van der Waals surface area contributed by atoms with Crippen molar-refractivity contribution in [2.75, 3.05) is 19.3 Å². The quantitative estimate of drug-likeness (QED) is 0.388. The molecule has 1 N–H and O–H groups in total. The Morgan fingerprint density at radius 1 is 1.14 bits per heavy atom. The van der Waals surface area contributed by atoms with Gasteiger partial charge in [0.05, 0.1) is 29.8 Å². The lowest BCUT2D eigenvalue weighted by Crippen LogP contribution is -2.41. The first-order valence-electron chi connectivity index (χ1n) is 11.7. The molecule has 0 saturated carbocycles. The normalized spacial score (nSPS) is 19.9. The fourth-order valence-electron chi connectivity index (χ4n) is 4.93. The van der Waals surface area contributed by atoms with Crippen molar-refractivity contribution in [1.29, 1.82) is 0 Å². The molecule has 2 atom stereocenters. The number of ether oxygens (including phenoxy) is 1. The molecule has 1 saturated heterocycles. The number of halogens is 3. The van der Waals surface area contributed by atoms with Crippen molar-refractivity contribution >= 4 is 39.7 Å². The molecule has 1 amide bonds. The first kappa shape index (κ1) is 25.7. The standard InChI is InChI=1S/C26H31F3N2O3S/c1-15-8-10-18-16(13-15)22-20(11-9-17(23(22)35-5)26(27,28)29)31(18)19-7-6-12-30(14-21(19)32)24(33)34-25(2,3)4/h8-11,13,19,21,32H,6-7,12,14H2,1-5H3/t19-,21-/m1/s1. The van der Waals surface area contributed by atoms with Gasteiger partial charge in [-0.25, -0.2) is 4.79 Å². The molecular weight excluding hydrogens is 477 g/mol. The summed E-state index contributed by atoms with van der Waals surface area (Å²) in [6.45, 7) is 7.81. The second-order valence-corrected chi connectivity index (χ2v) is 10.9. The number of aromatic nitrogens is 1. The Hall–Kier alpha value is -2.39. The van der Waals surface area contributed by atoms with E-state index in [0.29, 0.717) is 30.3 Å². The van der Waals surface area contributed by atoms with E-state index in [9.17, 15) is 23.1 Å². The van der Waals surface area contributed by atoms with Crippen molar-refractivity contribution in [3.05, 3.63) is 41.5 Å². The molecule has 35 heavy (non-hydrogen) atoms. The molecule has 0 aliphatic carbocycles. The molecule has 4 rings (SSSR count). The number of carbonyl (C=O) groups is 1. The summed E-state index contributed by atoms with van der Waals surface area (Å²) in [4.78, 5) is 14.4. The number of hydrogen-bond donors (Lipinski definition) is 1. The Bertz CT molecular complexity index is 1260. The summed E-state index contributed by atoms with van der Waals surface area (Å²) in [6.07, 6.45) is -3.00. The highest BCUT2D eigenvalue weighted by molar-refractivity contribution is 7.98. The molecular formula is C26H31F3N2O3S. The van der Waals surface area contributed by atoms with Gasteiger partial charge in [-0.1, -0.05) is 11.6 Å². The van der Waals surface area contributed by atoms with Crippen LogP contribution in [0.3, 0.4) is 0 Å². The fraction of sp³-hybridized carbons (Fsp3) is 0.500. The molecule has 1 fully saturated rings. The zero-order valence-corrected chi connectivity index (χ0v) is 21.4. The maximum Gasteiger partial charge on any atom is 0.417 e. The number of fused-ring (bicyclic) bond motifs is 3. The summed E-state index contributed by atoms with van der Waals surface area (Å²) in [6, 6.07) is 7.98. The number of thioether (sulfide) groups is 1. The molecule has 3 aromatic rings. The van der Waals surface area contributed by atoms with Crippen LogP contribution in [0.1, 0.15) is 50.8 Å². The van der Waals surface area contributed by atoms with Gasteiger partial charge in [-0.3, -0.25) is 0 Å². The third kappa shape index (κ3) is 4.98. The smallest absolute Gasteiger partial charge is 0.417 e. The van der Waals surface area contributed by atoms with Crippen molar-refractivity contribution in [3.63, 3.8) is 0 Å². The third-order valence-corrected chi connectivity index (χ3v) is 7.18. The van der Waals surface area contributed by atoms with E-state index in [-0.39, 0.29) is 11.4 Å². The van der Waals surface area contributed by atoms with E-state index in [1.165, 1.54) is 11.0 Å². The number of alkyl halides is 3. The van der Waals surface area contributed by atoms with E-state index in [1.54, 1.807) is 27.0 Å². The summed E-state index contributed by atoms with van der Waals surface area (Å²) >= 11 is 1.08. The average Bonchev–Trinajstić information content (AvgIpc) is 2.93. The minimum atomic E-state index is -4.47. The number of amides is 1. The van der Waals surface area contributed by atoms with Gasteiger partial charge >= 0.3 is 12.3 Å². The lowest BCUT2D eigenvalue weighted by molar-refractivity contribution is -0.139. The molecule has 1 aromatic heterocycles. The SMILES string of the molecule is CSc1c(C(F)(F)F)ccc2c1c1cc(C)ccc1n2[C@@H]1CCCN(C(=O)OC(C)(C)C)C[C@H]1O. The lowest BCUT2D eigenvalue weighted by atomic mass is 10.1. The molecule has 2 aromatic carbocycles. The minimum Gasteiger partial charge on any atom is -0.444 e. The Labute approximate surface area is 207 Å². The van der Waals surface area contributed by atoms with Crippen molar-refractivity contribution in [1.82, 2.24) is 9.47 Å². The van der Waals surface area contributed by atoms with Crippen LogP contribution in [0.15, 0.2) is 35.2 Å². The monoisotopic (exact) mass is 508 g/mol. The van der Waals surface area contributed by atoms with Crippen LogP contribution in [0.25, 0.3) is 21.8 Å². The first-order chi connectivity index (χ1) is 16.3. The molecule has 2 heterocycles. The molecule has 9 heteroatoms. The Balaban J connectivity index is 1.85. The van der Waals surface area contributed by atoms with Crippen LogP contribution < -0.4 is 0 Å². The maximum atomic E-state index is 13.8. The average molecular weight is 509 g/mol. The van der Waals surface area contributed by atoms with Crippen LogP contribution in [0.2, 0.25) is 0 Å². The Morgan fingerprint density at radius 2 is 1.83 bits per heavy atom. The van der Waals surface area contributed by atoms with Gasteiger partial charge in [0.1, 0.15) is 5.60 Å². The summed E-state index contributed by atoms with van der Waals surface area (Å²) in [5.74, 6) is 0. The van der Waals surface area contributed by atoms with E-state index in [1.807, 2.05) is 29.7 Å². The van der Waals surface area contributed by atoms with E-state index in [4.69, 9.17) is 4.74 Å². The molecule has 0 spiro atoms. The second kappa shape index (κ2) is 9.24. The topological polar surface area (TPSA) is 54.7 Å². The maximum absolute atomic E-state index is 13.8. The van der Waals surface area contributed by atoms with Crippen molar-refractivity contribution in [2.45, 2.75) is 69.4 Å². The minimum absolute atomic E-state index is 0.0859. The number of aryl methyl sites for hydroxylation is 1. The number of carbonyl (C=O) groups excluding carboxylic acids is 1. The number of nitrogens with zero attached hydrogens (tertiary/aromatic N) is 2. The molecule has 0 unspecified atom stereocenters. The number of aliphatic hydroxyl groups excluding tert-OH is 1. The van der Waals surface area contributed by atoms with Crippen LogP contribution in [0.4, 0.5) is 18.0 Å². The first-order valence-corrected chi connectivity index (χ1v) is 12.9. The largest absolute Gasteiger partial charge is 0.444 e. The predicted octanol–water partition coefficient (Wildman–Crippen LogP) is 6.78. The van der Waals surface area contributed by atoms with Crippen LogP contribution in [0.5, 0.6) is 0 Å². The van der Waals surface area contributed by atoms with E-state index < -0.39 is 35.6 Å². The Kier molecular flexibility index (Phi) is 6.79. The van der Waals surface area contributed by atoms with Gasteiger partial charge in [0.25, 0.3) is 0 Å². The number of benzene rings is 2. The predicted molar refractivity (Wildman–Crippen MR) is 133 cm³/mol. The van der Waals surface area contributed by atoms with Gasteiger partial charge in [0.15, 0.2) is 0 Å². The van der Waals surface area contributed by atoms with Gasteiger partial charge in [-0.15, -0.1) is 11.8 Å². The number of likely N-dealkylation sites (tertiary alicyclic amines) is 1. The van der Waals surface area contributed by atoms with E-state index >= 15 is 0 Å². The highest BCUT2D eigenvalue weighted by Crippen LogP contribution is 2.45.